The van der Waals surface area contributed by atoms with Crippen molar-refractivity contribution in [3.8, 4) is 0 Å². The van der Waals surface area contributed by atoms with Crippen molar-refractivity contribution in [2.45, 2.75) is 20.8 Å². The summed E-state index contributed by atoms with van der Waals surface area (Å²) in [6.45, 7) is 6.21. The van der Waals surface area contributed by atoms with E-state index in [1.165, 1.54) is 5.57 Å². The summed E-state index contributed by atoms with van der Waals surface area (Å²) in [7, 11) is 0. The lowest BCUT2D eigenvalue weighted by Crippen LogP contribution is -2.00. The molecule has 0 heterocycles. The molecule has 0 aromatic carbocycles. The van der Waals surface area contributed by atoms with Crippen molar-refractivity contribution < 1.29 is 0 Å². The molecule has 1 aliphatic carbocycles. The Labute approximate surface area is 107 Å². The van der Waals surface area contributed by atoms with Gasteiger partial charge in [-0.25, -0.2) is 0 Å². The molecule has 0 saturated carbocycles. The third-order valence-electron chi connectivity index (χ3n) is 2.47. The molecule has 0 aromatic heterocycles. The van der Waals surface area contributed by atoms with Gasteiger partial charge in [-0.2, -0.15) is 4.99 Å². The van der Waals surface area contributed by atoms with Gasteiger partial charge in [-0.3, -0.25) is 5.41 Å². The summed E-state index contributed by atoms with van der Waals surface area (Å²) in [4.78, 5) is 3.88. The number of hydrogen-bond donors (Lipinski definition) is 1. The van der Waals surface area contributed by atoms with Crippen molar-refractivity contribution in [3.63, 3.8) is 0 Å². The molecule has 0 fully saturated rings. The standard InChI is InChI=1S/C12H15ClN2S/c1-7-4-8(2)9(3)6-10(5-7)11(14)15-12(13)16/h4-6,9H,1-3H3,(H2,14,15,16)/p+1. The van der Waals surface area contributed by atoms with Gasteiger partial charge in [-0.15, -0.1) is 0 Å². The van der Waals surface area contributed by atoms with E-state index in [-0.39, 0.29) is 10.3 Å². The minimum Gasteiger partial charge on any atom is -0.282 e. The highest BCUT2D eigenvalue weighted by atomic mass is 35.5. The van der Waals surface area contributed by atoms with Crippen LogP contribution < -0.4 is 0 Å². The molecule has 16 heavy (non-hydrogen) atoms. The van der Waals surface area contributed by atoms with E-state index in [0.29, 0.717) is 5.92 Å². The number of allylic oxidation sites excluding steroid dienone is 4. The van der Waals surface area contributed by atoms with E-state index in [1.807, 2.05) is 19.1 Å². The van der Waals surface area contributed by atoms with E-state index in [2.05, 4.69) is 37.5 Å². The lowest BCUT2D eigenvalue weighted by Gasteiger charge is -2.05. The number of rotatable bonds is 1. The lowest BCUT2D eigenvalue weighted by atomic mass is 10.0. The van der Waals surface area contributed by atoms with Crippen LogP contribution in [0.3, 0.4) is 0 Å². The van der Waals surface area contributed by atoms with Gasteiger partial charge in [0, 0.05) is 18.2 Å². The van der Waals surface area contributed by atoms with Gasteiger partial charge in [0.15, 0.2) is 5.84 Å². The molecule has 1 rings (SSSR count). The second-order valence-corrected chi connectivity index (χ2v) is 5.09. The average Bonchev–Trinajstić information content (AvgIpc) is 2.25. The van der Waals surface area contributed by atoms with Gasteiger partial charge >= 0.3 is 4.50 Å². The summed E-state index contributed by atoms with van der Waals surface area (Å²) in [6.07, 6.45) is 6.10. The highest BCUT2D eigenvalue weighted by Crippen LogP contribution is 2.22. The summed E-state index contributed by atoms with van der Waals surface area (Å²) >= 11 is 8.66. The van der Waals surface area contributed by atoms with Crippen LogP contribution in [0.2, 0.25) is 0 Å². The Morgan fingerprint density at radius 2 is 2.06 bits per heavy atom. The minimum atomic E-state index is 0.175. The van der Waals surface area contributed by atoms with Gasteiger partial charge in [0.2, 0.25) is 0 Å². The van der Waals surface area contributed by atoms with Gasteiger partial charge in [0.05, 0.1) is 0 Å². The maximum atomic E-state index is 7.82. The van der Waals surface area contributed by atoms with E-state index in [0.717, 1.165) is 11.1 Å². The third kappa shape index (κ3) is 3.65. The first kappa shape index (κ1) is 13.3. The van der Waals surface area contributed by atoms with E-state index < -0.39 is 0 Å². The number of halogens is 1. The molecule has 0 radical (unpaired) electrons. The molecule has 86 valence electrons. The largest absolute Gasteiger partial charge is 0.314 e. The number of nitrogens with one attached hydrogen (secondary N) is 1. The van der Waals surface area contributed by atoms with Crippen LogP contribution in [-0.2, 0) is 12.6 Å². The topological polar surface area (TPSA) is 36.2 Å². The summed E-state index contributed by atoms with van der Waals surface area (Å²) in [5.74, 6) is 0.488. The number of amidine groups is 1. The molecule has 1 aliphatic rings. The molecule has 4 heteroatoms. The second kappa shape index (κ2) is 5.51. The minimum absolute atomic E-state index is 0.175. The van der Waals surface area contributed by atoms with E-state index in [4.69, 9.17) is 17.0 Å². The Morgan fingerprint density at radius 1 is 1.44 bits per heavy atom. The van der Waals surface area contributed by atoms with Crippen LogP contribution in [0.15, 0.2) is 39.9 Å². The molecular weight excluding hydrogens is 240 g/mol. The maximum Gasteiger partial charge on any atom is 0.314 e. The van der Waals surface area contributed by atoms with Crippen LogP contribution in [0.1, 0.15) is 20.8 Å². The fraction of sp³-hybridized carbons (Fsp3) is 0.333. The zero-order valence-electron chi connectivity index (χ0n) is 9.63. The van der Waals surface area contributed by atoms with Gasteiger partial charge in [0.25, 0.3) is 0 Å². The van der Waals surface area contributed by atoms with Crippen molar-refractivity contribution in [2.24, 2.45) is 10.9 Å². The van der Waals surface area contributed by atoms with Crippen molar-refractivity contribution in [2.75, 3.05) is 0 Å². The van der Waals surface area contributed by atoms with Gasteiger partial charge in [-0.1, -0.05) is 30.2 Å². The van der Waals surface area contributed by atoms with Gasteiger partial charge in [-0.05, 0) is 37.4 Å². The Hall–Kier alpha value is -0.800. The molecule has 1 unspecified atom stereocenters. The molecule has 0 aliphatic heterocycles. The number of aliphatic imine (C=N–C) groups is 1. The number of hydrogen-bond acceptors (Lipinski definition) is 1. The Balaban J connectivity index is 3.07. The molecule has 0 spiro atoms. The van der Waals surface area contributed by atoms with Gasteiger partial charge in [0.1, 0.15) is 0 Å². The molecular formula is C12H16ClN2S+. The zero-order valence-corrected chi connectivity index (χ0v) is 11.4. The smallest absolute Gasteiger partial charge is 0.282 e. The summed E-state index contributed by atoms with van der Waals surface area (Å²) in [6, 6.07) is 0. The van der Waals surface area contributed by atoms with Crippen LogP contribution in [0.25, 0.3) is 0 Å². The first-order chi connectivity index (χ1) is 7.40. The van der Waals surface area contributed by atoms with E-state index in [1.54, 1.807) is 0 Å². The highest BCUT2D eigenvalue weighted by Gasteiger charge is 2.11. The zero-order chi connectivity index (χ0) is 12.3. The quantitative estimate of drug-likeness (QED) is 0.425. The molecule has 0 bridgehead atoms. The fourth-order valence-corrected chi connectivity index (χ4v) is 1.73. The van der Waals surface area contributed by atoms with Crippen LogP contribution >= 0.6 is 11.6 Å². The monoisotopic (exact) mass is 255 g/mol. The molecule has 0 saturated heterocycles. The molecule has 2 nitrogen and oxygen atoms in total. The first-order valence-electron chi connectivity index (χ1n) is 5.03. The Kier molecular flexibility index (Phi) is 4.56. The second-order valence-electron chi connectivity index (χ2n) is 3.94. The average molecular weight is 256 g/mol. The Bertz CT molecular complexity index is 426. The van der Waals surface area contributed by atoms with Crippen molar-refractivity contribution in [3.05, 3.63) is 34.9 Å². The van der Waals surface area contributed by atoms with E-state index in [9.17, 15) is 0 Å². The Morgan fingerprint density at radius 3 is 2.62 bits per heavy atom. The molecule has 0 amide bonds. The van der Waals surface area contributed by atoms with E-state index >= 15 is 0 Å². The van der Waals surface area contributed by atoms with Crippen LogP contribution in [0.4, 0.5) is 0 Å². The van der Waals surface area contributed by atoms with Crippen molar-refractivity contribution in [1.82, 2.24) is 0 Å². The highest BCUT2D eigenvalue weighted by molar-refractivity contribution is 7.82. The van der Waals surface area contributed by atoms with Gasteiger partial charge < -0.3 is 0 Å². The van der Waals surface area contributed by atoms with Crippen LogP contribution in [0.5, 0.6) is 0 Å². The molecule has 0 aromatic rings. The summed E-state index contributed by atoms with van der Waals surface area (Å²) in [5, 5.41) is 7.82. The first-order valence-corrected chi connectivity index (χ1v) is 5.91. The SMILES string of the molecule is CC1=CC(C(=N)N=C([SH2+])Cl)=CC(C)C(C)=C1. The van der Waals surface area contributed by atoms with Crippen LogP contribution in [0, 0.1) is 11.3 Å². The predicted molar refractivity (Wildman–Crippen MR) is 75.9 cm³/mol. The summed E-state index contributed by atoms with van der Waals surface area (Å²) < 4.78 is 0.193. The lowest BCUT2D eigenvalue weighted by molar-refractivity contribution is 0.861. The molecule has 1 N–H and O–H groups in total. The third-order valence-corrected chi connectivity index (χ3v) is 2.67. The molecule has 1 atom stereocenters. The van der Waals surface area contributed by atoms with Crippen molar-refractivity contribution >= 4 is 34.6 Å². The number of nitrogens with zero attached hydrogens (tertiary/aromatic N) is 1. The summed E-state index contributed by atoms with van der Waals surface area (Å²) in [5.41, 5.74) is 3.21. The maximum absolute atomic E-state index is 7.82. The van der Waals surface area contributed by atoms with Crippen LogP contribution in [-0.4, -0.2) is 10.3 Å². The van der Waals surface area contributed by atoms with Crippen molar-refractivity contribution in [1.29, 1.82) is 5.41 Å². The normalized spacial score (nSPS) is 21.9. The predicted octanol–water partition coefficient (Wildman–Crippen LogP) is 3.04. The fourth-order valence-electron chi connectivity index (χ4n) is 1.54.